The number of likely N-dealkylation sites (N-methyl/N-ethyl adjacent to an activating group) is 2. The molecule has 1 atom stereocenters. The average molecular weight is 326 g/mol. The van der Waals surface area contributed by atoms with Crippen LogP contribution in [-0.4, -0.2) is 86.0 Å². The molecule has 0 aromatic heterocycles. The van der Waals surface area contributed by atoms with Gasteiger partial charge in [-0.25, -0.2) is 0 Å². The highest BCUT2D eigenvalue weighted by Crippen LogP contribution is 2.15. The zero-order valence-corrected chi connectivity index (χ0v) is 15.6. The number of likely N-dealkylation sites (tertiary alicyclic amines) is 1. The molecule has 1 aliphatic heterocycles. The van der Waals surface area contributed by atoms with Gasteiger partial charge in [0.1, 0.15) is 0 Å². The molecule has 0 spiro atoms. The molecule has 134 valence electrons. The fraction of sp³-hybridized carbons (Fsp3) is 0.882. The predicted molar refractivity (Wildman–Crippen MR) is 96.8 cm³/mol. The number of amides is 1. The molecule has 0 aliphatic carbocycles. The molecule has 0 saturated carbocycles. The number of guanidine groups is 1. The summed E-state index contributed by atoms with van der Waals surface area (Å²) in [5, 5.41) is 3.30. The number of carbonyl (C=O) groups is 1. The van der Waals surface area contributed by atoms with Crippen LogP contribution in [0.4, 0.5) is 0 Å². The minimum Gasteiger partial charge on any atom is -0.357 e. The smallest absolute Gasteiger partial charge is 0.242 e. The normalized spacial score (nSPS) is 19.0. The number of nitrogens with one attached hydrogen (secondary N) is 1. The summed E-state index contributed by atoms with van der Waals surface area (Å²) in [5.41, 5.74) is 0. The fourth-order valence-electron chi connectivity index (χ4n) is 2.99. The Balaban J connectivity index is 2.58. The Kier molecular flexibility index (Phi) is 8.99. The Labute approximate surface area is 141 Å². The van der Waals surface area contributed by atoms with Crippen molar-refractivity contribution in [1.82, 2.24) is 20.0 Å². The molecule has 1 heterocycles. The number of hydrogen-bond acceptors (Lipinski definition) is 3. The second-order valence-corrected chi connectivity index (χ2v) is 6.16. The van der Waals surface area contributed by atoms with Crippen molar-refractivity contribution in [2.45, 2.75) is 34.1 Å². The summed E-state index contributed by atoms with van der Waals surface area (Å²) >= 11 is 0. The number of aliphatic imine (C=N–C) groups is 1. The molecule has 0 radical (unpaired) electrons. The molecule has 1 amide bonds. The van der Waals surface area contributed by atoms with Gasteiger partial charge in [0.2, 0.25) is 5.91 Å². The summed E-state index contributed by atoms with van der Waals surface area (Å²) in [6.45, 7) is 15.3. The van der Waals surface area contributed by atoms with Crippen molar-refractivity contribution in [1.29, 1.82) is 0 Å². The highest BCUT2D eigenvalue weighted by Gasteiger charge is 2.21. The fourth-order valence-corrected chi connectivity index (χ4v) is 2.99. The van der Waals surface area contributed by atoms with E-state index in [1.54, 1.807) is 0 Å². The van der Waals surface area contributed by atoms with Gasteiger partial charge in [-0.05, 0) is 46.2 Å². The van der Waals surface area contributed by atoms with Crippen LogP contribution in [-0.2, 0) is 4.79 Å². The van der Waals surface area contributed by atoms with Gasteiger partial charge in [-0.3, -0.25) is 9.79 Å². The van der Waals surface area contributed by atoms with E-state index in [-0.39, 0.29) is 5.91 Å². The van der Waals surface area contributed by atoms with Crippen LogP contribution in [0.15, 0.2) is 4.99 Å². The first-order valence-electron chi connectivity index (χ1n) is 9.05. The molecular formula is C17H35N5O. The maximum Gasteiger partial charge on any atom is 0.242 e. The number of hydrogen-bond donors (Lipinski definition) is 1. The molecule has 1 fully saturated rings. The van der Waals surface area contributed by atoms with Gasteiger partial charge in [0.15, 0.2) is 5.96 Å². The van der Waals surface area contributed by atoms with E-state index in [2.05, 4.69) is 24.1 Å². The quantitative estimate of drug-likeness (QED) is 0.536. The lowest BCUT2D eigenvalue weighted by Gasteiger charge is -2.26. The van der Waals surface area contributed by atoms with Crippen molar-refractivity contribution < 1.29 is 4.79 Å². The Bertz CT molecular complexity index is 381. The molecule has 0 aromatic carbocycles. The summed E-state index contributed by atoms with van der Waals surface area (Å²) in [6.07, 6.45) is 1.22. The van der Waals surface area contributed by atoms with E-state index in [4.69, 9.17) is 4.99 Å². The third kappa shape index (κ3) is 6.37. The van der Waals surface area contributed by atoms with Crippen molar-refractivity contribution >= 4 is 11.9 Å². The highest BCUT2D eigenvalue weighted by molar-refractivity contribution is 5.86. The Morgan fingerprint density at radius 3 is 2.48 bits per heavy atom. The summed E-state index contributed by atoms with van der Waals surface area (Å²) in [5.74, 6) is 1.62. The Morgan fingerprint density at radius 1 is 1.26 bits per heavy atom. The van der Waals surface area contributed by atoms with Gasteiger partial charge in [0.25, 0.3) is 0 Å². The van der Waals surface area contributed by atoms with Crippen LogP contribution in [0.2, 0.25) is 0 Å². The SMILES string of the molecule is CCNC(=NCC1CCN(CC)C1)N(C)CC(=O)N(CC)CC. The average Bonchev–Trinajstić information content (AvgIpc) is 3.00. The molecule has 0 aromatic rings. The molecular weight excluding hydrogens is 290 g/mol. The van der Waals surface area contributed by atoms with Gasteiger partial charge in [0.05, 0.1) is 6.54 Å². The molecule has 1 aliphatic rings. The van der Waals surface area contributed by atoms with E-state index >= 15 is 0 Å². The van der Waals surface area contributed by atoms with E-state index < -0.39 is 0 Å². The summed E-state index contributed by atoms with van der Waals surface area (Å²) < 4.78 is 0. The standard InChI is InChI=1S/C17H35N5O/c1-6-18-17(19-12-15-10-11-21(7-2)13-15)20(5)14-16(23)22(8-3)9-4/h15H,6-14H2,1-5H3,(H,18,19). The monoisotopic (exact) mass is 325 g/mol. The molecule has 1 unspecified atom stereocenters. The first-order chi connectivity index (χ1) is 11.0. The van der Waals surface area contributed by atoms with Crippen molar-refractivity contribution in [2.75, 3.05) is 59.4 Å². The third-order valence-electron chi connectivity index (χ3n) is 4.50. The van der Waals surface area contributed by atoms with Crippen LogP contribution in [0.3, 0.4) is 0 Å². The van der Waals surface area contributed by atoms with Crippen molar-refractivity contribution in [2.24, 2.45) is 10.9 Å². The van der Waals surface area contributed by atoms with Gasteiger partial charge in [-0.15, -0.1) is 0 Å². The van der Waals surface area contributed by atoms with Crippen LogP contribution < -0.4 is 5.32 Å². The molecule has 0 bridgehead atoms. The summed E-state index contributed by atoms with van der Waals surface area (Å²) in [4.78, 5) is 23.3. The first kappa shape index (κ1) is 19.7. The maximum atomic E-state index is 12.3. The van der Waals surface area contributed by atoms with Crippen LogP contribution in [0.5, 0.6) is 0 Å². The second kappa shape index (κ2) is 10.5. The lowest BCUT2D eigenvalue weighted by molar-refractivity contribution is -0.131. The van der Waals surface area contributed by atoms with E-state index in [0.29, 0.717) is 12.5 Å². The van der Waals surface area contributed by atoms with Crippen LogP contribution in [0, 0.1) is 5.92 Å². The van der Waals surface area contributed by atoms with Gasteiger partial charge in [-0.2, -0.15) is 0 Å². The first-order valence-corrected chi connectivity index (χ1v) is 9.05. The minimum absolute atomic E-state index is 0.154. The van der Waals surface area contributed by atoms with Gasteiger partial charge in [-0.1, -0.05) is 6.92 Å². The van der Waals surface area contributed by atoms with Gasteiger partial charge >= 0.3 is 0 Å². The molecule has 1 rings (SSSR count). The highest BCUT2D eigenvalue weighted by atomic mass is 16.2. The van der Waals surface area contributed by atoms with Crippen molar-refractivity contribution in [3.8, 4) is 0 Å². The minimum atomic E-state index is 0.154. The van der Waals surface area contributed by atoms with Crippen molar-refractivity contribution in [3.05, 3.63) is 0 Å². The van der Waals surface area contributed by atoms with E-state index in [0.717, 1.165) is 45.2 Å². The zero-order chi connectivity index (χ0) is 17.2. The Morgan fingerprint density at radius 2 is 1.96 bits per heavy atom. The van der Waals surface area contributed by atoms with Gasteiger partial charge in [0, 0.05) is 39.8 Å². The zero-order valence-electron chi connectivity index (χ0n) is 15.6. The molecule has 6 heteroatoms. The number of nitrogens with zero attached hydrogens (tertiary/aromatic N) is 4. The van der Waals surface area contributed by atoms with Crippen LogP contribution in [0.25, 0.3) is 0 Å². The van der Waals surface area contributed by atoms with E-state index in [9.17, 15) is 4.79 Å². The van der Waals surface area contributed by atoms with Crippen LogP contribution in [0.1, 0.15) is 34.1 Å². The number of carbonyl (C=O) groups excluding carboxylic acids is 1. The topological polar surface area (TPSA) is 51.2 Å². The van der Waals surface area contributed by atoms with Crippen LogP contribution >= 0.6 is 0 Å². The summed E-state index contributed by atoms with van der Waals surface area (Å²) in [6, 6.07) is 0. The lowest BCUT2D eigenvalue weighted by atomic mass is 10.1. The number of rotatable bonds is 8. The Hall–Kier alpha value is -1.30. The van der Waals surface area contributed by atoms with E-state index in [1.165, 1.54) is 13.0 Å². The molecule has 1 N–H and O–H groups in total. The molecule has 6 nitrogen and oxygen atoms in total. The van der Waals surface area contributed by atoms with E-state index in [1.807, 2.05) is 30.7 Å². The molecule has 23 heavy (non-hydrogen) atoms. The predicted octanol–water partition coefficient (Wildman–Crippen LogP) is 1.09. The van der Waals surface area contributed by atoms with Gasteiger partial charge < -0.3 is 20.0 Å². The third-order valence-corrected chi connectivity index (χ3v) is 4.50. The van der Waals surface area contributed by atoms with Crippen molar-refractivity contribution in [3.63, 3.8) is 0 Å². The second-order valence-electron chi connectivity index (χ2n) is 6.16. The lowest BCUT2D eigenvalue weighted by Crippen LogP contribution is -2.45. The largest absolute Gasteiger partial charge is 0.357 e. The summed E-state index contributed by atoms with van der Waals surface area (Å²) in [7, 11) is 1.94. The molecule has 1 saturated heterocycles. The maximum absolute atomic E-state index is 12.3.